The monoisotopic (exact) mass is 365 g/mol. The minimum Gasteiger partial charge on any atom is -0.360 e. The Bertz CT molecular complexity index is 1060. The van der Waals surface area contributed by atoms with Crippen molar-refractivity contribution in [3.05, 3.63) is 66.1 Å². The molecule has 3 aromatic rings. The lowest BCUT2D eigenvalue weighted by Gasteiger charge is -2.17. The Morgan fingerprint density at radius 2 is 1.96 bits per heavy atom. The summed E-state index contributed by atoms with van der Waals surface area (Å²) in [5.41, 5.74) is 1.48. The Balaban J connectivity index is 1.47. The van der Waals surface area contributed by atoms with Gasteiger partial charge in [0.1, 0.15) is 5.82 Å². The number of Topliss-reactive ketones (excluding diaryl/α,β-unsaturated/α-hetero) is 1. The summed E-state index contributed by atoms with van der Waals surface area (Å²) in [6.07, 6.45) is 1.56. The standard InChI is InChI=1S/C20H16FN3O3/c21-12-4-3-5-14(8-12)24-11-13(9-18(24)25)23-20(27)19(26)16-10-22-17-7-2-1-6-15(16)17/h1-8,10,13,22H,9,11H2,(H,23,27)/t13-/m0/s1. The van der Waals surface area contributed by atoms with Crippen LogP contribution in [-0.4, -0.2) is 35.2 Å². The molecule has 1 fully saturated rings. The number of benzene rings is 2. The Morgan fingerprint density at radius 1 is 1.15 bits per heavy atom. The van der Waals surface area contributed by atoms with Crippen molar-refractivity contribution in [1.29, 1.82) is 0 Å². The first-order chi connectivity index (χ1) is 13.0. The molecule has 136 valence electrons. The molecule has 7 heteroatoms. The third-order valence-corrected chi connectivity index (χ3v) is 4.62. The number of fused-ring (bicyclic) bond motifs is 1. The summed E-state index contributed by atoms with van der Waals surface area (Å²) in [6.45, 7) is 0.190. The SMILES string of the molecule is O=C(N[C@H]1CC(=O)N(c2cccc(F)c2)C1)C(=O)c1c[nH]c2ccccc12. The van der Waals surface area contributed by atoms with Gasteiger partial charge in [-0.3, -0.25) is 14.4 Å². The van der Waals surface area contributed by atoms with Crippen molar-refractivity contribution in [2.75, 3.05) is 11.4 Å². The molecule has 2 heterocycles. The molecule has 1 aliphatic heterocycles. The summed E-state index contributed by atoms with van der Waals surface area (Å²) in [4.78, 5) is 41.5. The number of nitrogens with zero attached hydrogens (tertiary/aromatic N) is 1. The number of amides is 2. The molecule has 6 nitrogen and oxygen atoms in total. The topological polar surface area (TPSA) is 82.3 Å². The highest BCUT2D eigenvalue weighted by Gasteiger charge is 2.33. The highest BCUT2D eigenvalue weighted by Crippen LogP contribution is 2.23. The molecule has 4 rings (SSSR count). The Hall–Kier alpha value is -3.48. The number of carbonyl (C=O) groups excluding carboxylic acids is 3. The first-order valence-electron chi connectivity index (χ1n) is 8.50. The summed E-state index contributed by atoms with van der Waals surface area (Å²) in [5, 5.41) is 3.29. The number of hydrogen-bond acceptors (Lipinski definition) is 3. The maximum absolute atomic E-state index is 13.4. The fourth-order valence-electron chi connectivity index (χ4n) is 3.33. The van der Waals surface area contributed by atoms with Gasteiger partial charge in [0, 0.05) is 35.8 Å². The van der Waals surface area contributed by atoms with Crippen molar-refractivity contribution >= 4 is 34.2 Å². The van der Waals surface area contributed by atoms with Gasteiger partial charge in [0.2, 0.25) is 5.91 Å². The number of hydrogen-bond donors (Lipinski definition) is 2. The van der Waals surface area contributed by atoms with Crippen LogP contribution in [0.1, 0.15) is 16.8 Å². The molecule has 1 aliphatic rings. The van der Waals surface area contributed by atoms with Crippen LogP contribution in [0.4, 0.5) is 10.1 Å². The number of rotatable bonds is 4. The number of halogens is 1. The van der Waals surface area contributed by atoms with Crippen molar-refractivity contribution in [1.82, 2.24) is 10.3 Å². The van der Waals surface area contributed by atoms with Gasteiger partial charge in [-0.2, -0.15) is 0 Å². The number of carbonyl (C=O) groups is 3. The number of aromatic nitrogens is 1. The van der Waals surface area contributed by atoms with Gasteiger partial charge >= 0.3 is 0 Å². The average Bonchev–Trinajstić information content (AvgIpc) is 3.24. The average molecular weight is 365 g/mol. The zero-order valence-electron chi connectivity index (χ0n) is 14.2. The molecule has 27 heavy (non-hydrogen) atoms. The molecule has 0 unspecified atom stereocenters. The number of nitrogens with one attached hydrogen (secondary N) is 2. The number of aromatic amines is 1. The lowest BCUT2D eigenvalue weighted by Crippen LogP contribution is -2.40. The van der Waals surface area contributed by atoms with E-state index < -0.39 is 23.5 Å². The fourth-order valence-corrected chi connectivity index (χ4v) is 3.33. The Labute approximate surface area is 154 Å². The number of H-pyrrole nitrogens is 1. The van der Waals surface area contributed by atoms with Crippen LogP contribution in [0, 0.1) is 5.82 Å². The quantitative estimate of drug-likeness (QED) is 0.550. The molecule has 0 saturated carbocycles. The van der Waals surface area contributed by atoms with E-state index in [-0.39, 0.29) is 24.4 Å². The fraction of sp³-hybridized carbons (Fsp3) is 0.150. The lowest BCUT2D eigenvalue weighted by atomic mass is 10.1. The van der Waals surface area contributed by atoms with E-state index in [4.69, 9.17) is 0 Å². The van der Waals surface area contributed by atoms with E-state index in [1.54, 1.807) is 18.2 Å². The van der Waals surface area contributed by atoms with E-state index in [0.29, 0.717) is 11.1 Å². The van der Waals surface area contributed by atoms with Gasteiger partial charge in [0.05, 0.1) is 11.6 Å². The van der Waals surface area contributed by atoms with Crippen LogP contribution < -0.4 is 10.2 Å². The summed E-state index contributed by atoms with van der Waals surface area (Å²) in [7, 11) is 0. The van der Waals surface area contributed by atoms with Crippen LogP contribution in [0.3, 0.4) is 0 Å². The minimum atomic E-state index is -0.765. The molecule has 0 bridgehead atoms. The molecule has 1 saturated heterocycles. The van der Waals surface area contributed by atoms with Gasteiger partial charge in [-0.15, -0.1) is 0 Å². The van der Waals surface area contributed by atoms with Crippen LogP contribution in [0.15, 0.2) is 54.7 Å². The lowest BCUT2D eigenvalue weighted by molar-refractivity contribution is -0.118. The predicted octanol–water partition coefficient (Wildman–Crippen LogP) is 2.41. The van der Waals surface area contributed by atoms with Gasteiger partial charge < -0.3 is 15.2 Å². The second-order valence-corrected chi connectivity index (χ2v) is 6.44. The molecule has 2 aromatic carbocycles. The minimum absolute atomic E-state index is 0.0589. The summed E-state index contributed by atoms with van der Waals surface area (Å²) in [5.74, 6) is -2.10. The van der Waals surface area contributed by atoms with Gasteiger partial charge in [0.25, 0.3) is 11.7 Å². The van der Waals surface area contributed by atoms with Gasteiger partial charge in [-0.1, -0.05) is 24.3 Å². The van der Waals surface area contributed by atoms with E-state index >= 15 is 0 Å². The van der Waals surface area contributed by atoms with E-state index in [2.05, 4.69) is 10.3 Å². The maximum Gasteiger partial charge on any atom is 0.292 e. The van der Waals surface area contributed by atoms with E-state index in [1.807, 2.05) is 12.1 Å². The Kier molecular flexibility index (Phi) is 4.19. The highest BCUT2D eigenvalue weighted by molar-refractivity contribution is 6.45. The summed E-state index contributed by atoms with van der Waals surface area (Å²) in [6, 6.07) is 12.4. The normalized spacial score (nSPS) is 16.7. The largest absolute Gasteiger partial charge is 0.360 e. The van der Waals surface area contributed by atoms with Crippen LogP contribution in [0.25, 0.3) is 10.9 Å². The third-order valence-electron chi connectivity index (χ3n) is 4.62. The molecule has 0 radical (unpaired) electrons. The molecule has 1 aromatic heterocycles. The predicted molar refractivity (Wildman–Crippen MR) is 97.9 cm³/mol. The van der Waals surface area contributed by atoms with Crippen LogP contribution in [-0.2, 0) is 9.59 Å². The molecular formula is C20H16FN3O3. The molecule has 2 amide bonds. The molecular weight excluding hydrogens is 349 g/mol. The van der Waals surface area contributed by atoms with E-state index in [9.17, 15) is 18.8 Å². The van der Waals surface area contributed by atoms with Gasteiger partial charge in [-0.05, 0) is 24.3 Å². The zero-order valence-corrected chi connectivity index (χ0v) is 14.2. The van der Waals surface area contributed by atoms with Gasteiger partial charge in [-0.25, -0.2) is 4.39 Å². The zero-order chi connectivity index (χ0) is 19.0. The molecule has 0 aliphatic carbocycles. The second kappa shape index (κ2) is 6.68. The van der Waals surface area contributed by atoms with Crippen molar-refractivity contribution in [2.45, 2.75) is 12.5 Å². The van der Waals surface area contributed by atoms with Gasteiger partial charge in [0.15, 0.2) is 0 Å². The summed E-state index contributed by atoms with van der Waals surface area (Å²) < 4.78 is 13.4. The third kappa shape index (κ3) is 3.19. The maximum atomic E-state index is 13.4. The molecule has 2 N–H and O–H groups in total. The number of para-hydroxylation sites is 1. The first-order valence-corrected chi connectivity index (χ1v) is 8.50. The smallest absolute Gasteiger partial charge is 0.292 e. The second-order valence-electron chi connectivity index (χ2n) is 6.44. The van der Waals surface area contributed by atoms with Crippen molar-refractivity contribution in [2.24, 2.45) is 0 Å². The molecule has 1 atom stereocenters. The van der Waals surface area contributed by atoms with Crippen LogP contribution in [0.5, 0.6) is 0 Å². The first kappa shape index (κ1) is 17.0. The highest BCUT2D eigenvalue weighted by atomic mass is 19.1. The van der Waals surface area contributed by atoms with Crippen molar-refractivity contribution in [3.8, 4) is 0 Å². The van der Waals surface area contributed by atoms with Crippen LogP contribution >= 0.6 is 0 Å². The van der Waals surface area contributed by atoms with Crippen molar-refractivity contribution in [3.63, 3.8) is 0 Å². The number of anilines is 1. The van der Waals surface area contributed by atoms with E-state index in [0.717, 1.165) is 5.52 Å². The van der Waals surface area contributed by atoms with Crippen molar-refractivity contribution < 1.29 is 18.8 Å². The van der Waals surface area contributed by atoms with E-state index in [1.165, 1.54) is 29.3 Å². The number of ketones is 1. The van der Waals surface area contributed by atoms with Crippen LogP contribution in [0.2, 0.25) is 0 Å². The molecule has 0 spiro atoms. The summed E-state index contributed by atoms with van der Waals surface area (Å²) >= 11 is 0. The Morgan fingerprint density at radius 3 is 2.78 bits per heavy atom.